The van der Waals surface area contributed by atoms with Crippen LogP contribution in [0, 0.1) is 0 Å². The van der Waals surface area contributed by atoms with Crippen molar-refractivity contribution >= 4 is 0 Å². The van der Waals surface area contributed by atoms with E-state index in [2.05, 4.69) is 68.4 Å². The maximum absolute atomic E-state index is 6.05. The van der Waals surface area contributed by atoms with Crippen molar-refractivity contribution in [3.05, 3.63) is 71.3 Å². The molecule has 0 aliphatic rings. The van der Waals surface area contributed by atoms with Crippen molar-refractivity contribution in [1.29, 1.82) is 0 Å². The van der Waals surface area contributed by atoms with Crippen LogP contribution in [0.2, 0.25) is 0 Å². The molecule has 2 aromatic carbocycles. The van der Waals surface area contributed by atoms with E-state index in [4.69, 9.17) is 9.47 Å². The lowest BCUT2D eigenvalue weighted by molar-refractivity contribution is 0.0635. The molecule has 0 aromatic heterocycles. The molecule has 0 amide bonds. The Morgan fingerprint density at radius 2 is 1.39 bits per heavy atom. The Morgan fingerprint density at radius 3 is 2.21 bits per heavy atom. The summed E-state index contributed by atoms with van der Waals surface area (Å²) in [6.45, 7) is 6.82. The van der Waals surface area contributed by atoms with E-state index >= 15 is 0 Å². The lowest BCUT2D eigenvalue weighted by Gasteiger charge is -2.14. The van der Waals surface area contributed by atoms with Crippen molar-refractivity contribution in [2.75, 3.05) is 19.8 Å². The molecule has 1 unspecified atom stereocenters. The molecule has 154 valence electrons. The second kappa shape index (κ2) is 14.4. The first-order valence-electron chi connectivity index (χ1n) is 11.1. The van der Waals surface area contributed by atoms with Crippen LogP contribution in [0.15, 0.2) is 54.6 Å². The molecule has 2 rings (SSSR count). The van der Waals surface area contributed by atoms with Gasteiger partial charge in [0.25, 0.3) is 0 Å². The molecule has 1 atom stereocenters. The van der Waals surface area contributed by atoms with Gasteiger partial charge >= 0.3 is 0 Å². The first-order valence-corrected chi connectivity index (χ1v) is 11.1. The van der Waals surface area contributed by atoms with Crippen LogP contribution in [0.3, 0.4) is 0 Å². The second-order valence-electron chi connectivity index (χ2n) is 7.66. The number of aryl methyl sites for hydroxylation is 2. The molecule has 2 nitrogen and oxygen atoms in total. The van der Waals surface area contributed by atoms with Crippen molar-refractivity contribution < 1.29 is 9.47 Å². The molecule has 2 aromatic rings. The van der Waals surface area contributed by atoms with E-state index in [0.29, 0.717) is 0 Å². The summed E-state index contributed by atoms with van der Waals surface area (Å²) in [5.41, 5.74) is 4.26. The molecule has 0 fully saturated rings. The Labute approximate surface area is 172 Å². The van der Waals surface area contributed by atoms with Gasteiger partial charge in [0.2, 0.25) is 0 Å². The number of benzene rings is 2. The van der Waals surface area contributed by atoms with Gasteiger partial charge in [-0.25, -0.2) is 0 Å². The molecule has 0 radical (unpaired) electrons. The van der Waals surface area contributed by atoms with Gasteiger partial charge in [0.1, 0.15) is 0 Å². The van der Waals surface area contributed by atoms with E-state index in [1.54, 1.807) is 0 Å². The topological polar surface area (TPSA) is 18.5 Å². The Bertz CT molecular complexity index is 623. The number of hydrogen-bond acceptors (Lipinski definition) is 2. The van der Waals surface area contributed by atoms with Gasteiger partial charge in [0.15, 0.2) is 0 Å². The third kappa shape index (κ3) is 10.1. The van der Waals surface area contributed by atoms with Gasteiger partial charge in [-0.1, -0.05) is 61.0 Å². The fourth-order valence-corrected chi connectivity index (χ4v) is 3.52. The molecule has 0 saturated carbocycles. The molecule has 0 aliphatic heterocycles. The fraction of sp³-hybridized carbons (Fsp3) is 0.538. The van der Waals surface area contributed by atoms with Crippen LogP contribution in [-0.2, 0) is 28.7 Å². The zero-order valence-electron chi connectivity index (χ0n) is 17.9. The lowest BCUT2D eigenvalue weighted by atomic mass is 10.0. The van der Waals surface area contributed by atoms with E-state index in [-0.39, 0.29) is 6.10 Å². The summed E-state index contributed by atoms with van der Waals surface area (Å²) in [7, 11) is 0. The lowest BCUT2D eigenvalue weighted by Crippen LogP contribution is -2.12. The summed E-state index contributed by atoms with van der Waals surface area (Å²) in [6.07, 6.45) is 9.55. The minimum atomic E-state index is 0.280. The van der Waals surface area contributed by atoms with Crippen LogP contribution in [-0.4, -0.2) is 25.9 Å². The van der Waals surface area contributed by atoms with Gasteiger partial charge < -0.3 is 9.47 Å². The smallest absolute Gasteiger partial charge is 0.0587 e. The summed E-state index contributed by atoms with van der Waals surface area (Å²) < 4.78 is 11.5. The first kappa shape index (κ1) is 22.6. The zero-order chi connectivity index (χ0) is 19.9. The first-order chi connectivity index (χ1) is 13.8. The standard InChI is InChI=1S/C26H38O2/c1-3-27-19-11-9-16-25-17-12-18-26(22-25)21-23(2)28-20-10-5-8-15-24-13-6-4-7-14-24/h4,6-7,12-14,17-18,22-23H,3,5,8-11,15-16,19-21H2,1-2H3. The molecule has 0 N–H and O–H groups in total. The summed E-state index contributed by atoms with van der Waals surface area (Å²) in [4.78, 5) is 0. The van der Waals surface area contributed by atoms with Crippen molar-refractivity contribution in [3.63, 3.8) is 0 Å². The van der Waals surface area contributed by atoms with E-state index in [9.17, 15) is 0 Å². The van der Waals surface area contributed by atoms with Crippen LogP contribution in [0.4, 0.5) is 0 Å². The van der Waals surface area contributed by atoms with Crippen molar-refractivity contribution in [2.45, 2.75) is 71.3 Å². The van der Waals surface area contributed by atoms with E-state index in [1.165, 1.54) is 42.4 Å². The highest BCUT2D eigenvalue weighted by Gasteiger charge is 2.05. The van der Waals surface area contributed by atoms with Gasteiger partial charge in [-0.15, -0.1) is 0 Å². The van der Waals surface area contributed by atoms with E-state index in [0.717, 1.165) is 45.5 Å². The highest BCUT2D eigenvalue weighted by molar-refractivity contribution is 5.24. The van der Waals surface area contributed by atoms with Gasteiger partial charge in [0, 0.05) is 19.8 Å². The average molecular weight is 383 g/mol. The van der Waals surface area contributed by atoms with Crippen LogP contribution >= 0.6 is 0 Å². The minimum absolute atomic E-state index is 0.280. The molecule has 0 saturated heterocycles. The van der Waals surface area contributed by atoms with Crippen molar-refractivity contribution in [2.24, 2.45) is 0 Å². The van der Waals surface area contributed by atoms with E-state index in [1.807, 2.05) is 0 Å². The molecule has 28 heavy (non-hydrogen) atoms. The summed E-state index contributed by atoms with van der Waals surface area (Å²) in [6, 6.07) is 19.7. The molecule has 0 aliphatic carbocycles. The monoisotopic (exact) mass is 382 g/mol. The molecule has 0 heterocycles. The quantitative estimate of drug-likeness (QED) is 0.332. The number of rotatable bonds is 15. The third-order valence-electron chi connectivity index (χ3n) is 5.08. The zero-order valence-corrected chi connectivity index (χ0v) is 17.9. The normalized spacial score (nSPS) is 12.2. The predicted molar refractivity (Wildman–Crippen MR) is 119 cm³/mol. The van der Waals surface area contributed by atoms with Crippen LogP contribution in [0.1, 0.15) is 62.6 Å². The number of unbranched alkanes of at least 4 members (excludes halogenated alkanes) is 3. The van der Waals surface area contributed by atoms with E-state index < -0.39 is 0 Å². The van der Waals surface area contributed by atoms with Gasteiger partial charge in [-0.05, 0) is 75.5 Å². The van der Waals surface area contributed by atoms with Crippen LogP contribution in [0.25, 0.3) is 0 Å². The Morgan fingerprint density at radius 1 is 0.714 bits per heavy atom. The highest BCUT2D eigenvalue weighted by Crippen LogP contribution is 2.13. The van der Waals surface area contributed by atoms with Gasteiger partial charge in [-0.3, -0.25) is 0 Å². The number of hydrogen-bond donors (Lipinski definition) is 0. The van der Waals surface area contributed by atoms with Gasteiger partial charge in [0.05, 0.1) is 6.10 Å². The maximum atomic E-state index is 6.05. The molecular weight excluding hydrogens is 344 g/mol. The van der Waals surface area contributed by atoms with Crippen LogP contribution < -0.4 is 0 Å². The Kier molecular flexibility index (Phi) is 11.6. The summed E-state index contributed by atoms with van der Waals surface area (Å²) in [5.74, 6) is 0. The molecule has 0 spiro atoms. The van der Waals surface area contributed by atoms with Crippen molar-refractivity contribution in [1.82, 2.24) is 0 Å². The van der Waals surface area contributed by atoms with Crippen molar-refractivity contribution in [3.8, 4) is 0 Å². The molecular formula is C26H38O2. The fourth-order valence-electron chi connectivity index (χ4n) is 3.52. The average Bonchev–Trinajstić information content (AvgIpc) is 2.71. The minimum Gasteiger partial charge on any atom is -0.382 e. The Balaban J connectivity index is 1.56. The number of ether oxygens (including phenoxy) is 2. The summed E-state index contributed by atoms with van der Waals surface area (Å²) >= 11 is 0. The third-order valence-corrected chi connectivity index (χ3v) is 5.08. The predicted octanol–water partition coefficient (Wildman–Crippen LogP) is 6.41. The Hall–Kier alpha value is -1.64. The molecule has 0 bridgehead atoms. The van der Waals surface area contributed by atoms with Crippen LogP contribution in [0.5, 0.6) is 0 Å². The second-order valence-corrected chi connectivity index (χ2v) is 7.66. The highest BCUT2D eigenvalue weighted by atomic mass is 16.5. The van der Waals surface area contributed by atoms with Gasteiger partial charge in [-0.2, -0.15) is 0 Å². The summed E-state index contributed by atoms with van der Waals surface area (Å²) in [5, 5.41) is 0. The largest absolute Gasteiger partial charge is 0.382 e. The maximum Gasteiger partial charge on any atom is 0.0587 e. The molecule has 2 heteroatoms. The SMILES string of the molecule is CCOCCCCc1cccc(CC(C)OCCCCCc2ccccc2)c1.